The molecule has 1 aromatic carbocycles. The minimum absolute atomic E-state index is 0.0320. The van der Waals surface area contributed by atoms with Gasteiger partial charge < -0.3 is 10.6 Å². The molecule has 4 rings (SSSR count). The third kappa shape index (κ3) is 3.33. The second-order valence-electron chi connectivity index (χ2n) is 7.41. The van der Waals surface area contributed by atoms with Crippen molar-refractivity contribution in [2.24, 2.45) is 18.9 Å². The lowest BCUT2D eigenvalue weighted by atomic mass is 9.77. The minimum atomic E-state index is -0.0320. The molecule has 2 aromatic rings. The van der Waals surface area contributed by atoms with E-state index in [1.54, 1.807) is 0 Å². The molecule has 25 heavy (non-hydrogen) atoms. The second-order valence-corrected chi connectivity index (χ2v) is 7.41. The number of aryl methyl sites for hydroxylation is 1. The zero-order chi connectivity index (χ0) is 17.2. The van der Waals surface area contributed by atoms with E-state index < -0.39 is 0 Å². The highest BCUT2D eigenvalue weighted by atomic mass is 16.2. The van der Waals surface area contributed by atoms with Gasteiger partial charge in [-0.3, -0.25) is 9.48 Å². The van der Waals surface area contributed by atoms with Gasteiger partial charge in [0.2, 0.25) is 5.91 Å². The van der Waals surface area contributed by atoms with Gasteiger partial charge in [0.05, 0.1) is 18.2 Å². The molecule has 1 unspecified atom stereocenters. The van der Waals surface area contributed by atoms with Crippen LogP contribution < -0.4 is 10.6 Å². The quantitative estimate of drug-likeness (QED) is 0.880. The molecule has 0 radical (unpaired) electrons. The number of carbonyl (C=O) groups is 1. The monoisotopic (exact) mass is 338 g/mol. The molecule has 2 fully saturated rings. The topological polar surface area (TPSA) is 59.0 Å². The molecule has 132 valence electrons. The number of hydrogen-bond donors (Lipinski definition) is 2. The molecule has 2 aliphatic rings. The van der Waals surface area contributed by atoms with Gasteiger partial charge in [0.1, 0.15) is 0 Å². The lowest BCUT2D eigenvalue weighted by Crippen LogP contribution is -2.41. The van der Waals surface area contributed by atoms with E-state index >= 15 is 0 Å². The smallest absolute Gasteiger partial charge is 0.225 e. The van der Waals surface area contributed by atoms with Crippen LogP contribution in [0, 0.1) is 11.8 Å². The molecule has 0 spiro atoms. The third-order valence-corrected chi connectivity index (χ3v) is 5.78. The normalized spacial score (nSPS) is 24.7. The summed E-state index contributed by atoms with van der Waals surface area (Å²) in [7, 11) is 1.92. The van der Waals surface area contributed by atoms with Crippen LogP contribution in [0.15, 0.2) is 42.7 Å². The Morgan fingerprint density at radius 2 is 2.08 bits per heavy atom. The summed E-state index contributed by atoms with van der Waals surface area (Å²) in [6.07, 6.45) is 7.59. The summed E-state index contributed by atoms with van der Waals surface area (Å²) < 4.78 is 1.81. The predicted octanol–water partition coefficient (Wildman–Crippen LogP) is 2.38. The van der Waals surface area contributed by atoms with Gasteiger partial charge in [-0.15, -0.1) is 0 Å². The Morgan fingerprint density at radius 3 is 2.72 bits per heavy atom. The molecule has 5 nitrogen and oxygen atoms in total. The fourth-order valence-electron chi connectivity index (χ4n) is 4.10. The van der Waals surface area contributed by atoms with Crippen LogP contribution in [0.3, 0.4) is 0 Å². The number of nitrogens with one attached hydrogen (secondary N) is 2. The molecular weight excluding hydrogens is 312 g/mol. The molecule has 1 saturated carbocycles. The summed E-state index contributed by atoms with van der Waals surface area (Å²) in [5.41, 5.74) is 2.37. The van der Waals surface area contributed by atoms with Gasteiger partial charge in [-0.25, -0.2) is 0 Å². The number of nitrogens with zero attached hydrogens (tertiary/aromatic N) is 2. The molecule has 1 aliphatic heterocycles. The Hall–Kier alpha value is -2.14. The van der Waals surface area contributed by atoms with Crippen LogP contribution in [-0.2, 0) is 11.8 Å². The summed E-state index contributed by atoms with van der Waals surface area (Å²) in [6.45, 7) is 1.57. The molecule has 2 heterocycles. The minimum Gasteiger partial charge on any atom is -0.349 e. The summed E-state index contributed by atoms with van der Waals surface area (Å²) in [5, 5.41) is 11.0. The van der Waals surface area contributed by atoms with Crippen LogP contribution in [-0.4, -0.2) is 28.8 Å². The van der Waals surface area contributed by atoms with Crippen molar-refractivity contribution in [3.8, 4) is 0 Å². The first-order valence-electron chi connectivity index (χ1n) is 9.27. The van der Waals surface area contributed by atoms with E-state index in [0.29, 0.717) is 5.92 Å². The third-order valence-electron chi connectivity index (χ3n) is 5.78. The lowest BCUT2D eigenvalue weighted by molar-refractivity contribution is -0.126. The molecule has 1 aromatic heterocycles. The molecule has 5 heteroatoms. The van der Waals surface area contributed by atoms with Gasteiger partial charge in [-0.2, -0.15) is 5.10 Å². The highest BCUT2D eigenvalue weighted by Gasteiger charge is 2.37. The second kappa shape index (κ2) is 7.00. The summed E-state index contributed by atoms with van der Waals surface area (Å²) in [4.78, 5) is 13.1. The number of rotatable bonds is 5. The summed E-state index contributed by atoms with van der Waals surface area (Å²) in [6, 6.07) is 10.6. The van der Waals surface area contributed by atoms with Crippen molar-refractivity contribution < 1.29 is 4.79 Å². The first kappa shape index (κ1) is 16.3. The number of hydrogen-bond acceptors (Lipinski definition) is 3. The maximum absolute atomic E-state index is 13.1. The van der Waals surface area contributed by atoms with Crippen molar-refractivity contribution in [2.75, 3.05) is 13.1 Å². The van der Waals surface area contributed by atoms with Crippen molar-refractivity contribution in [3.63, 3.8) is 0 Å². The number of carbonyl (C=O) groups excluding carboxylic acids is 1. The summed E-state index contributed by atoms with van der Waals surface area (Å²) >= 11 is 0. The van der Waals surface area contributed by atoms with Crippen molar-refractivity contribution >= 4 is 5.91 Å². The van der Waals surface area contributed by atoms with Gasteiger partial charge in [0, 0.05) is 32.3 Å². The van der Waals surface area contributed by atoms with E-state index in [9.17, 15) is 4.79 Å². The molecule has 3 atom stereocenters. The van der Waals surface area contributed by atoms with E-state index in [2.05, 4.69) is 40.0 Å². The van der Waals surface area contributed by atoms with Crippen LogP contribution in [0.5, 0.6) is 0 Å². The zero-order valence-electron chi connectivity index (χ0n) is 14.7. The maximum Gasteiger partial charge on any atom is 0.225 e. The SMILES string of the molecule is Cn1cc([C@H]2CNC[C@@H]2C(=O)NC(c2ccccc2)C2CCC2)cn1. The van der Waals surface area contributed by atoms with Crippen molar-refractivity contribution in [1.82, 2.24) is 20.4 Å². The summed E-state index contributed by atoms with van der Waals surface area (Å²) in [5.74, 6) is 0.902. The Labute approximate surface area is 148 Å². The highest BCUT2D eigenvalue weighted by Crippen LogP contribution is 2.38. The number of benzene rings is 1. The van der Waals surface area contributed by atoms with E-state index in [1.165, 1.54) is 24.8 Å². The average Bonchev–Trinajstić information content (AvgIpc) is 3.22. The van der Waals surface area contributed by atoms with E-state index in [1.807, 2.05) is 30.2 Å². The highest BCUT2D eigenvalue weighted by molar-refractivity contribution is 5.81. The van der Waals surface area contributed by atoms with Crippen molar-refractivity contribution in [1.29, 1.82) is 0 Å². The molecule has 1 saturated heterocycles. The van der Waals surface area contributed by atoms with Gasteiger partial charge in [0.25, 0.3) is 0 Å². The van der Waals surface area contributed by atoms with Crippen molar-refractivity contribution in [2.45, 2.75) is 31.2 Å². The average molecular weight is 338 g/mol. The molecule has 0 bridgehead atoms. The predicted molar refractivity (Wildman–Crippen MR) is 97.0 cm³/mol. The standard InChI is InChI=1S/C20H26N4O/c1-24-13-16(10-22-24)17-11-21-12-18(17)20(25)23-19(15-8-5-9-15)14-6-3-2-4-7-14/h2-4,6-7,10,13,15,17-19,21H,5,8-9,11-12H2,1H3,(H,23,25)/t17-,18+,19?/m1/s1. The Balaban J connectivity index is 1.51. The van der Waals surface area contributed by atoms with Crippen LogP contribution in [0.4, 0.5) is 0 Å². The fraction of sp³-hybridized carbons (Fsp3) is 0.500. The molecule has 1 aliphatic carbocycles. The molecule has 2 N–H and O–H groups in total. The van der Waals surface area contributed by atoms with Gasteiger partial charge >= 0.3 is 0 Å². The van der Waals surface area contributed by atoms with E-state index in [-0.39, 0.29) is 23.8 Å². The zero-order valence-corrected chi connectivity index (χ0v) is 14.7. The first-order chi connectivity index (χ1) is 12.2. The van der Waals surface area contributed by atoms with Crippen LogP contribution >= 0.6 is 0 Å². The largest absolute Gasteiger partial charge is 0.349 e. The number of amides is 1. The Kier molecular flexibility index (Phi) is 4.57. The van der Waals surface area contributed by atoms with Gasteiger partial charge in [-0.05, 0) is 29.9 Å². The Bertz CT molecular complexity index is 722. The van der Waals surface area contributed by atoms with E-state index in [4.69, 9.17) is 0 Å². The lowest BCUT2D eigenvalue weighted by Gasteiger charge is -2.35. The molecular formula is C20H26N4O. The van der Waals surface area contributed by atoms with Gasteiger partial charge in [-0.1, -0.05) is 36.8 Å². The van der Waals surface area contributed by atoms with Gasteiger partial charge in [0.15, 0.2) is 0 Å². The fourth-order valence-corrected chi connectivity index (χ4v) is 4.10. The van der Waals surface area contributed by atoms with E-state index in [0.717, 1.165) is 18.7 Å². The van der Waals surface area contributed by atoms with Crippen LogP contribution in [0.2, 0.25) is 0 Å². The van der Waals surface area contributed by atoms with Crippen LogP contribution in [0.25, 0.3) is 0 Å². The van der Waals surface area contributed by atoms with Crippen LogP contribution in [0.1, 0.15) is 42.3 Å². The first-order valence-corrected chi connectivity index (χ1v) is 9.27. The Morgan fingerprint density at radius 1 is 1.28 bits per heavy atom. The number of aromatic nitrogens is 2. The molecule has 1 amide bonds. The maximum atomic E-state index is 13.1. The van der Waals surface area contributed by atoms with Crippen molar-refractivity contribution in [3.05, 3.63) is 53.9 Å².